The second-order valence-electron chi connectivity index (χ2n) is 6.03. The second kappa shape index (κ2) is 8.01. The predicted molar refractivity (Wildman–Crippen MR) is 99.4 cm³/mol. The highest BCUT2D eigenvalue weighted by atomic mass is 127. The highest BCUT2D eigenvalue weighted by molar-refractivity contribution is 14.0. The average molecular weight is 399 g/mol. The van der Waals surface area contributed by atoms with Crippen molar-refractivity contribution in [3.8, 4) is 0 Å². The van der Waals surface area contributed by atoms with Gasteiger partial charge in [0.15, 0.2) is 5.96 Å². The van der Waals surface area contributed by atoms with E-state index in [1.165, 1.54) is 49.7 Å². The lowest BCUT2D eigenvalue weighted by Gasteiger charge is -2.28. The zero-order valence-electron chi connectivity index (χ0n) is 12.6. The molecule has 3 nitrogen and oxygen atoms in total. The molecule has 1 aromatic carbocycles. The third-order valence-electron chi connectivity index (χ3n) is 4.65. The molecule has 4 heteroatoms. The Morgan fingerprint density at radius 3 is 2.71 bits per heavy atom. The highest BCUT2D eigenvalue weighted by Crippen LogP contribution is 2.31. The molecule has 1 atom stereocenters. The lowest BCUT2D eigenvalue weighted by molar-refractivity contribution is 0.337. The zero-order valence-corrected chi connectivity index (χ0v) is 15.0. The molecule has 1 saturated heterocycles. The number of aliphatic imine (C=N–C) groups is 1. The van der Waals surface area contributed by atoms with Gasteiger partial charge in [0.2, 0.25) is 0 Å². The molecule has 2 N–H and O–H groups in total. The number of rotatable bonds is 2. The first-order chi connectivity index (χ1) is 9.84. The summed E-state index contributed by atoms with van der Waals surface area (Å²) < 4.78 is 0. The lowest BCUT2D eigenvalue weighted by atomic mass is 9.83. The van der Waals surface area contributed by atoms with Gasteiger partial charge in [0.1, 0.15) is 0 Å². The fraction of sp³-hybridized carbons (Fsp3) is 0.588. The van der Waals surface area contributed by atoms with E-state index in [1.54, 1.807) is 0 Å². The van der Waals surface area contributed by atoms with Crippen molar-refractivity contribution in [2.45, 2.75) is 44.4 Å². The number of nitrogens with two attached hydrogens (primary N) is 1. The molecule has 116 valence electrons. The summed E-state index contributed by atoms with van der Waals surface area (Å²) in [5, 5.41) is 0. The number of fused-ring (bicyclic) bond motifs is 1. The summed E-state index contributed by atoms with van der Waals surface area (Å²) in [4.78, 5) is 6.94. The van der Waals surface area contributed by atoms with E-state index in [0.717, 1.165) is 25.6 Å². The molecule has 1 aliphatic carbocycles. The van der Waals surface area contributed by atoms with Gasteiger partial charge in [0.25, 0.3) is 0 Å². The van der Waals surface area contributed by atoms with Crippen LogP contribution >= 0.6 is 24.0 Å². The third kappa shape index (κ3) is 4.11. The van der Waals surface area contributed by atoms with E-state index in [4.69, 9.17) is 10.7 Å². The molecule has 1 fully saturated rings. The molecule has 0 radical (unpaired) electrons. The van der Waals surface area contributed by atoms with E-state index in [2.05, 4.69) is 29.2 Å². The van der Waals surface area contributed by atoms with Crippen LogP contribution < -0.4 is 5.73 Å². The molecule has 1 unspecified atom stereocenters. The molecule has 0 bridgehead atoms. The molecular formula is C17H26IN3. The maximum atomic E-state index is 6.16. The molecule has 1 aliphatic heterocycles. The fourth-order valence-electron chi connectivity index (χ4n) is 3.47. The minimum atomic E-state index is 0. The van der Waals surface area contributed by atoms with Gasteiger partial charge in [-0.1, -0.05) is 24.3 Å². The molecular weight excluding hydrogens is 373 g/mol. The Labute approximate surface area is 145 Å². The predicted octanol–water partition coefficient (Wildman–Crippen LogP) is 3.53. The van der Waals surface area contributed by atoms with Gasteiger partial charge in [0.05, 0.1) is 0 Å². The number of halogens is 1. The first-order valence-electron chi connectivity index (χ1n) is 7.97. The van der Waals surface area contributed by atoms with Crippen LogP contribution in [-0.4, -0.2) is 30.5 Å². The molecule has 1 aromatic rings. The third-order valence-corrected chi connectivity index (χ3v) is 4.65. The number of hydrogen-bond donors (Lipinski definition) is 1. The van der Waals surface area contributed by atoms with Crippen LogP contribution in [0.3, 0.4) is 0 Å². The first kappa shape index (κ1) is 16.6. The lowest BCUT2D eigenvalue weighted by Crippen LogP contribution is -2.41. The Morgan fingerprint density at radius 2 is 1.90 bits per heavy atom. The van der Waals surface area contributed by atoms with Crippen molar-refractivity contribution >= 4 is 29.9 Å². The van der Waals surface area contributed by atoms with Crippen LogP contribution in [0.5, 0.6) is 0 Å². The summed E-state index contributed by atoms with van der Waals surface area (Å²) in [5.41, 5.74) is 9.17. The molecule has 1 heterocycles. The van der Waals surface area contributed by atoms with Crippen molar-refractivity contribution in [1.82, 2.24) is 4.90 Å². The largest absolute Gasteiger partial charge is 0.370 e. The minimum absolute atomic E-state index is 0. The minimum Gasteiger partial charge on any atom is -0.370 e. The Hall–Kier alpha value is -0.780. The number of benzene rings is 1. The van der Waals surface area contributed by atoms with Gasteiger partial charge >= 0.3 is 0 Å². The number of likely N-dealkylation sites (tertiary alicyclic amines) is 1. The second-order valence-corrected chi connectivity index (χ2v) is 6.03. The zero-order chi connectivity index (χ0) is 13.8. The molecule has 3 rings (SSSR count). The smallest absolute Gasteiger partial charge is 0.191 e. The van der Waals surface area contributed by atoms with Gasteiger partial charge in [-0.3, -0.25) is 4.99 Å². The summed E-state index contributed by atoms with van der Waals surface area (Å²) in [6.07, 6.45) is 7.58. The summed E-state index contributed by atoms with van der Waals surface area (Å²) in [6.45, 7) is 3.01. The summed E-state index contributed by atoms with van der Waals surface area (Å²) in [6, 6.07) is 8.83. The van der Waals surface area contributed by atoms with Gasteiger partial charge in [-0.2, -0.15) is 0 Å². The number of guanidine groups is 1. The topological polar surface area (TPSA) is 41.6 Å². The number of piperidine rings is 1. The Morgan fingerprint density at radius 1 is 1.14 bits per heavy atom. The Kier molecular flexibility index (Phi) is 6.33. The van der Waals surface area contributed by atoms with E-state index in [-0.39, 0.29) is 24.0 Å². The summed E-state index contributed by atoms with van der Waals surface area (Å²) in [5.74, 6) is 1.32. The molecule has 2 aliphatic rings. The van der Waals surface area contributed by atoms with Crippen molar-refractivity contribution < 1.29 is 0 Å². The van der Waals surface area contributed by atoms with Crippen LogP contribution in [-0.2, 0) is 6.42 Å². The van der Waals surface area contributed by atoms with Gasteiger partial charge in [-0.25, -0.2) is 0 Å². The molecule has 0 saturated carbocycles. The van der Waals surface area contributed by atoms with E-state index >= 15 is 0 Å². The van der Waals surface area contributed by atoms with Crippen molar-refractivity contribution in [3.05, 3.63) is 35.4 Å². The maximum absolute atomic E-state index is 6.16. The van der Waals surface area contributed by atoms with E-state index in [9.17, 15) is 0 Å². The standard InChI is InChI=1S/C17H25N3.HI/c18-17(20-11-4-1-5-12-20)19-13-15-9-6-8-14-7-2-3-10-16(14)15;/h2-3,7,10,15H,1,4-6,8-9,11-13H2,(H2,18,19);1H. The van der Waals surface area contributed by atoms with Crippen molar-refractivity contribution in [2.24, 2.45) is 10.7 Å². The SMILES string of the molecule is I.NC(=NCC1CCCc2ccccc21)N1CCCCC1. The van der Waals surface area contributed by atoms with E-state index < -0.39 is 0 Å². The first-order valence-corrected chi connectivity index (χ1v) is 7.97. The summed E-state index contributed by atoms with van der Waals surface area (Å²) >= 11 is 0. The van der Waals surface area contributed by atoms with Gasteiger partial charge in [0, 0.05) is 25.6 Å². The van der Waals surface area contributed by atoms with Crippen LogP contribution in [0.25, 0.3) is 0 Å². The summed E-state index contributed by atoms with van der Waals surface area (Å²) in [7, 11) is 0. The van der Waals surface area contributed by atoms with Crippen molar-refractivity contribution in [1.29, 1.82) is 0 Å². The van der Waals surface area contributed by atoms with Gasteiger partial charge in [-0.15, -0.1) is 24.0 Å². The fourth-order valence-corrected chi connectivity index (χ4v) is 3.47. The average Bonchev–Trinajstić information content (AvgIpc) is 2.53. The van der Waals surface area contributed by atoms with Crippen LogP contribution in [0.15, 0.2) is 29.3 Å². The molecule has 0 amide bonds. The van der Waals surface area contributed by atoms with E-state index in [1.807, 2.05) is 0 Å². The van der Waals surface area contributed by atoms with Crippen molar-refractivity contribution in [3.63, 3.8) is 0 Å². The van der Waals surface area contributed by atoms with Crippen LogP contribution in [0.4, 0.5) is 0 Å². The van der Waals surface area contributed by atoms with Crippen LogP contribution in [0.1, 0.15) is 49.1 Å². The number of hydrogen-bond acceptors (Lipinski definition) is 1. The Balaban J connectivity index is 0.00000161. The van der Waals surface area contributed by atoms with E-state index in [0.29, 0.717) is 5.92 Å². The van der Waals surface area contributed by atoms with Crippen molar-refractivity contribution in [2.75, 3.05) is 19.6 Å². The van der Waals surface area contributed by atoms with Gasteiger partial charge in [-0.05, 0) is 49.7 Å². The van der Waals surface area contributed by atoms with Crippen LogP contribution in [0, 0.1) is 0 Å². The monoisotopic (exact) mass is 399 g/mol. The van der Waals surface area contributed by atoms with Crippen LogP contribution in [0.2, 0.25) is 0 Å². The molecule has 0 aromatic heterocycles. The van der Waals surface area contributed by atoms with Gasteiger partial charge < -0.3 is 10.6 Å². The normalized spacial score (nSPS) is 22.4. The number of aryl methyl sites for hydroxylation is 1. The molecule has 0 spiro atoms. The molecule has 21 heavy (non-hydrogen) atoms. The highest BCUT2D eigenvalue weighted by Gasteiger charge is 2.20. The quantitative estimate of drug-likeness (QED) is 0.470. The number of nitrogens with zero attached hydrogens (tertiary/aromatic N) is 2. The maximum Gasteiger partial charge on any atom is 0.191 e. The Bertz CT molecular complexity index is 481.